The van der Waals surface area contributed by atoms with Crippen molar-refractivity contribution in [2.24, 2.45) is 0 Å². The fourth-order valence-electron chi connectivity index (χ4n) is 1.63. The SMILES string of the molecule is CCOC(=O)Cc1c(OC(F)(F)F)ccc(C=O)c1C#N. The first-order chi connectivity index (χ1) is 9.82. The second-order valence-corrected chi connectivity index (χ2v) is 3.77. The minimum absolute atomic E-state index is 0.0313. The summed E-state index contributed by atoms with van der Waals surface area (Å²) in [7, 11) is 0. The van der Waals surface area contributed by atoms with E-state index in [1.807, 2.05) is 0 Å². The van der Waals surface area contributed by atoms with Crippen LogP contribution in [0.25, 0.3) is 0 Å². The molecule has 0 heterocycles. The molecule has 1 aromatic carbocycles. The van der Waals surface area contributed by atoms with Crippen molar-refractivity contribution < 1.29 is 32.2 Å². The molecule has 0 bridgehead atoms. The van der Waals surface area contributed by atoms with Crippen LogP contribution in [0.4, 0.5) is 13.2 Å². The van der Waals surface area contributed by atoms with Gasteiger partial charge in [-0.1, -0.05) is 0 Å². The lowest BCUT2D eigenvalue weighted by Crippen LogP contribution is -2.20. The van der Waals surface area contributed by atoms with Crippen molar-refractivity contribution in [2.75, 3.05) is 6.61 Å². The summed E-state index contributed by atoms with van der Waals surface area (Å²) in [5, 5.41) is 9.00. The van der Waals surface area contributed by atoms with Gasteiger partial charge in [0.1, 0.15) is 11.8 Å². The number of aldehydes is 1. The van der Waals surface area contributed by atoms with Gasteiger partial charge in [-0.25, -0.2) is 0 Å². The Kier molecular flexibility index (Phi) is 5.30. The molecule has 1 rings (SSSR count). The van der Waals surface area contributed by atoms with Gasteiger partial charge >= 0.3 is 12.3 Å². The average Bonchev–Trinajstić information content (AvgIpc) is 2.39. The van der Waals surface area contributed by atoms with Gasteiger partial charge in [-0.05, 0) is 19.1 Å². The number of carbonyl (C=O) groups excluding carboxylic acids is 2. The molecule has 112 valence electrons. The van der Waals surface area contributed by atoms with Gasteiger partial charge in [0.15, 0.2) is 6.29 Å². The second-order valence-electron chi connectivity index (χ2n) is 3.77. The van der Waals surface area contributed by atoms with Gasteiger partial charge in [0, 0.05) is 11.1 Å². The number of halogens is 3. The number of carbonyl (C=O) groups is 2. The van der Waals surface area contributed by atoms with Crippen molar-refractivity contribution >= 4 is 12.3 Å². The molecule has 0 aliphatic heterocycles. The predicted octanol–water partition coefficient (Wildman–Crippen LogP) is 2.37. The molecule has 0 atom stereocenters. The Labute approximate surface area is 117 Å². The Bertz CT molecular complexity index is 590. The van der Waals surface area contributed by atoms with E-state index in [4.69, 9.17) is 5.26 Å². The van der Waals surface area contributed by atoms with E-state index in [2.05, 4.69) is 9.47 Å². The summed E-state index contributed by atoms with van der Waals surface area (Å²) < 4.78 is 45.4. The molecule has 0 radical (unpaired) electrons. The maximum atomic E-state index is 12.3. The highest BCUT2D eigenvalue weighted by Crippen LogP contribution is 2.30. The third kappa shape index (κ3) is 4.49. The number of hydrogen-bond donors (Lipinski definition) is 0. The number of alkyl halides is 3. The topological polar surface area (TPSA) is 76.4 Å². The first kappa shape index (κ1) is 16.5. The summed E-state index contributed by atoms with van der Waals surface area (Å²) in [6.45, 7) is 1.56. The summed E-state index contributed by atoms with van der Waals surface area (Å²) in [6, 6.07) is 3.50. The van der Waals surface area contributed by atoms with Crippen LogP contribution in [0, 0.1) is 11.3 Å². The van der Waals surface area contributed by atoms with Crippen molar-refractivity contribution in [3.63, 3.8) is 0 Å². The summed E-state index contributed by atoms with van der Waals surface area (Å²) in [6.07, 6.45) is -5.28. The Balaban J connectivity index is 3.34. The van der Waals surface area contributed by atoms with Crippen LogP contribution in [-0.2, 0) is 16.0 Å². The minimum atomic E-state index is -4.99. The third-order valence-electron chi connectivity index (χ3n) is 2.39. The Morgan fingerprint density at radius 2 is 2.10 bits per heavy atom. The molecule has 0 aliphatic carbocycles. The number of hydrogen-bond acceptors (Lipinski definition) is 5. The van der Waals surface area contributed by atoms with Crippen LogP contribution < -0.4 is 4.74 Å². The van der Waals surface area contributed by atoms with Crippen molar-refractivity contribution in [3.05, 3.63) is 28.8 Å². The zero-order valence-electron chi connectivity index (χ0n) is 10.9. The van der Waals surface area contributed by atoms with Crippen molar-refractivity contribution in [3.8, 4) is 11.8 Å². The maximum absolute atomic E-state index is 12.3. The maximum Gasteiger partial charge on any atom is 0.573 e. The Morgan fingerprint density at radius 3 is 2.57 bits per heavy atom. The predicted molar refractivity (Wildman–Crippen MR) is 63.6 cm³/mol. The van der Waals surface area contributed by atoms with Crippen LogP contribution >= 0.6 is 0 Å². The quantitative estimate of drug-likeness (QED) is 0.616. The third-order valence-corrected chi connectivity index (χ3v) is 2.39. The van der Waals surface area contributed by atoms with Crippen molar-refractivity contribution in [1.29, 1.82) is 5.26 Å². The van der Waals surface area contributed by atoms with E-state index in [9.17, 15) is 22.8 Å². The molecule has 8 heteroatoms. The minimum Gasteiger partial charge on any atom is -0.466 e. The van der Waals surface area contributed by atoms with Crippen LogP contribution in [0.1, 0.15) is 28.4 Å². The summed E-state index contributed by atoms with van der Waals surface area (Å²) in [5.74, 6) is -1.54. The number of nitriles is 1. The van der Waals surface area contributed by atoms with Gasteiger partial charge in [0.05, 0.1) is 18.6 Å². The molecule has 5 nitrogen and oxygen atoms in total. The van der Waals surface area contributed by atoms with E-state index < -0.39 is 24.5 Å². The van der Waals surface area contributed by atoms with Gasteiger partial charge in [0.25, 0.3) is 0 Å². The van der Waals surface area contributed by atoms with Crippen molar-refractivity contribution in [1.82, 2.24) is 0 Å². The highest BCUT2D eigenvalue weighted by molar-refractivity contribution is 5.83. The van der Waals surface area contributed by atoms with Crippen LogP contribution in [0.2, 0.25) is 0 Å². The molecular formula is C13H10F3NO4. The average molecular weight is 301 g/mol. The Morgan fingerprint density at radius 1 is 1.43 bits per heavy atom. The molecule has 0 N–H and O–H groups in total. The largest absolute Gasteiger partial charge is 0.573 e. The normalized spacial score (nSPS) is 10.6. The molecule has 0 spiro atoms. The highest BCUT2D eigenvalue weighted by atomic mass is 19.4. The van der Waals surface area contributed by atoms with Gasteiger partial charge in [-0.3, -0.25) is 9.59 Å². The summed E-state index contributed by atoms with van der Waals surface area (Å²) in [4.78, 5) is 22.3. The zero-order chi connectivity index (χ0) is 16.0. The second kappa shape index (κ2) is 6.74. The fraction of sp³-hybridized carbons (Fsp3) is 0.308. The number of rotatable bonds is 5. The zero-order valence-corrected chi connectivity index (χ0v) is 10.9. The molecule has 0 unspecified atom stereocenters. The number of ether oxygens (including phenoxy) is 2. The van der Waals surface area contributed by atoms with Crippen LogP contribution in [0.3, 0.4) is 0 Å². The number of benzene rings is 1. The lowest BCUT2D eigenvalue weighted by Gasteiger charge is -2.15. The van der Waals surface area contributed by atoms with Gasteiger partial charge < -0.3 is 9.47 Å². The van der Waals surface area contributed by atoms with Gasteiger partial charge in [0.2, 0.25) is 0 Å². The molecule has 0 aliphatic rings. The van der Waals surface area contributed by atoms with Crippen molar-refractivity contribution in [2.45, 2.75) is 19.7 Å². The summed E-state index contributed by atoms with van der Waals surface area (Å²) >= 11 is 0. The van der Waals surface area contributed by atoms with E-state index in [0.717, 1.165) is 12.1 Å². The fourth-order valence-corrected chi connectivity index (χ4v) is 1.63. The molecule has 0 amide bonds. The molecule has 0 saturated carbocycles. The molecule has 21 heavy (non-hydrogen) atoms. The van der Waals surface area contributed by atoms with Gasteiger partial charge in [-0.2, -0.15) is 5.26 Å². The first-order valence-corrected chi connectivity index (χ1v) is 5.74. The molecule has 0 fully saturated rings. The van der Waals surface area contributed by atoms with Crippen LogP contribution in [0.15, 0.2) is 12.1 Å². The van der Waals surface area contributed by atoms with E-state index in [-0.39, 0.29) is 23.3 Å². The molecule has 0 saturated heterocycles. The van der Waals surface area contributed by atoms with Crippen LogP contribution in [0.5, 0.6) is 5.75 Å². The van der Waals surface area contributed by atoms with E-state index in [1.54, 1.807) is 6.07 Å². The number of esters is 1. The van der Waals surface area contributed by atoms with Gasteiger partial charge in [-0.15, -0.1) is 13.2 Å². The number of nitrogens with zero attached hydrogens (tertiary/aromatic N) is 1. The Hall–Kier alpha value is -2.56. The first-order valence-electron chi connectivity index (χ1n) is 5.74. The van der Waals surface area contributed by atoms with E-state index in [1.165, 1.54) is 6.92 Å². The lowest BCUT2D eigenvalue weighted by atomic mass is 9.99. The smallest absolute Gasteiger partial charge is 0.466 e. The highest BCUT2D eigenvalue weighted by Gasteiger charge is 2.33. The summed E-state index contributed by atoms with van der Waals surface area (Å²) in [5.41, 5.74) is -0.816. The van der Waals surface area contributed by atoms with Crippen LogP contribution in [-0.4, -0.2) is 25.2 Å². The molecule has 1 aromatic rings. The monoisotopic (exact) mass is 301 g/mol. The molecular weight excluding hydrogens is 291 g/mol. The van der Waals surface area contributed by atoms with E-state index >= 15 is 0 Å². The lowest BCUT2D eigenvalue weighted by molar-refractivity contribution is -0.274. The molecule has 0 aromatic heterocycles. The van der Waals surface area contributed by atoms with E-state index in [0.29, 0.717) is 6.29 Å². The standard InChI is InChI=1S/C13H10F3NO4/c1-2-20-12(19)5-9-10(6-17)8(7-18)3-4-11(9)21-13(14,15)16/h3-4,7H,2,5H2,1H3.